The number of hydrogen-bond donors (Lipinski definition) is 1. The Hall–Kier alpha value is -1.58. The Morgan fingerprint density at radius 2 is 1.72 bits per heavy atom. The summed E-state index contributed by atoms with van der Waals surface area (Å²) in [4.78, 5) is 0. The minimum atomic E-state index is -0.836. The third-order valence-corrected chi connectivity index (χ3v) is 2.93. The SMILES string of the molecule is COc1cc(C(O)c2ccc(Cl)cc2)ccc1F. The molecule has 2 rings (SSSR count). The molecule has 0 aliphatic heterocycles. The van der Waals surface area contributed by atoms with E-state index in [4.69, 9.17) is 16.3 Å². The lowest BCUT2D eigenvalue weighted by Crippen LogP contribution is -2.00. The first-order chi connectivity index (χ1) is 8.61. The van der Waals surface area contributed by atoms with Crippen molar-refractivity contribution >= 4 is 11.6 Å². The summed E-state index contributed by atoms with van der Waals surface area (Å²) in [6.07, 6.45) is -0.836. The van der Waals surface area contributed by atoms with Crippen LogP contribution in [0.4, 0.5) is 4.39 Å². The molecule has 0 heterocycles. The van der Waals surface area contributed by atoms with Gasteiger partial charge in [-0.15, -0.1) is 0 Å². The van der Waals surface area contributed by atoms with Crippen molar-refractivity contribution in [2.75, 3.05) is 7.11 Å². The molecule has 0 radical (unpaired) electrons. The predicted molar refractivity (Wildman–Crippen MR) is 68.5 cm³/mol. The molecule has 0 aliphatic carbocycles. The Morgan fingerprint density at radius 1 is 1.11 bits per heavy atom. The molecule has 0 fully saturated rings. The lowest BCUT2D eigenvalue weighted by atomic mass is 10.0. The van der Waals surface area contributed by atoms with E-state index in [1.54, 1.807) is 24.3 Å². The van der Waals surface area contributed by atoms with E-state index in [1.165, 1.54) is 25.3 Å². The summed E-state index contributed by atoms with van der Waals surface area (Å²) in [6.45, 7) is 0. The van der Waals surface area contributed by atoms with Gasteiger partial charge in [-0.1, -0.05) is 29.8 Å². The first-order valence-electron chi connectivity index (χ1n) is 5.39. The minimum absolute atomic E-state index is 0.112. The molecule has 2 nitrogen and oxygen atoms in total. The molecule has 0 saturated carbocycles. The fourth-order valence-electron chi connectivity index (χ4n) is 1.68. The average molecular weight is 267 g/mol. The summed E-state index contributed by atoms with van der Waals surface area (Å²) in [5.41, 5.74) is 1.25. The number of aliphatic hydroxyl groups excluding tert-OH is 1. The first-order valence-corrected chi connectivity index (χ1v) is 5.76. The number of methoxy groups -OCH3 is 1. The zero-order valence-corrected chi connectivity index (χ0v) is 10.5. The van der Waals surface area contributed by atoms with Crippen LogP contribution in [0.15, 0.2) is 42.5 Å². The minimum Gasteiger partial charge on any atom is -0.494 e. The number of ether oxygens (including phenoxy) is 1. The van der Waals surface area contributed by atoms with Crippen LogP contribution in [0.1, 0.15) is 17.2 Å². The van der Waals surface area contributed by atoms with Gasteiger partial charge in [0.15, 0.2) is 11.6 Å². The average Bonchev–Trinajstić information content (AvgIpc) is 2.39. The van der Waals surface area contributed by atoms with E-state index in [9.17, 15) is 9.50 Å². The zero-order valence-electron chi connectivity index (χ0n) is 9.73. The fraction of sp³-hybridized carbons (Fsp3) is 0.143. The Morgan fingerprint density at radius 3 is 2.33 bits per heavy atom. The van der Waals surface area contributed by atoms with Crippen molar-refractivity contribution in [3.63, 3.8) is 0 Å². The van der Waals surface area contributed by atoms with E-state index < -0.39 is 11.9 Å². The van der Waals surface area contributed by atoms with Gasteiger partial charge in [-0.3, -0.25) is 0 Å². The number of aliphatic hydroxyl groups is 1. The molecule has 0 aliphatic rings. The lowest BCUT2D eigenvalue weighted by molar-refractivity contribution is 0.219. The molecule has 0 bridgehead atoms. The monoisotopic (exact) mass is 266 g/mol. The fourth-order valence-corrected chi connectivity index (χ4v) is 1.81. The summed E-state index contributed by atoms with van der Waals surface area (Å²) in [5, 5.41) is 10.8. The van der Waals surface area contributed by atoms with Crippen LogP contribution in [0, 0.1) is 5.82 Å². The van der Waals surface area contributed by atoms with Crippen LogP contribution in [0.3, 0.4) is 0 Å². The Balaban J connectivity index is 2.33. The van der Waals surface area contributed by atoms with E-state index in [-0.39, 0.29) is 5.75 Å². The van der Waals surface area contributed by atoms with Gasteiger partial charge in [0.2, 0.25) is 0 Å². The van der Waals surface area contributed by atoms with Crippen LogP contribution in [0.5, 0.6) is 5.75 Å². The smallest absolute Gasteiger partial charge is 0.165 e. The Bertz CT molecular complexity index is 540. The van der Waals surface area contributed by atoms with Crippen molar-refractivity contribution in [2.24, 2.45) is 0 Å². The number of hydrogen-bond acceptors (Lipinski definition) is 2. The highest BCUT2D eigenvalue weighted by atomic mass is 35.5. The summed E-state index contributed by atoms with van der Waals surface area (Å²) in [5.74, 6) is -0.343. The normalized spacial score (nSPS) is 12.2. The van der Waals surface area contributed by atoms with Gasteiger partial charge in [-0.05, 0) is 35.4 Å². The summed E-state index contributed by atoms with van der Waals surface area (Å²) >= 11 is 5.78. The molecular weight excluding hydrogens is 255 g/mol. The molecule has 18 heavy (non-hydrogen) atoms. The molecule has 0 amide bonds. The third kappa shape index (κ3) is 2.63. The van der Waals surface area contributed by atoms with Gasteiger partial charge in [0.1, 0.15) is 6.10 Å². The number of benzene rings is 2. The van der Waals surface area contributed by atoms with Crippen LogP contribution < -0.4 is 4.74 Å². The summed E-state index contributed by atoms with van der Waals surface area (Å²) in [7, 11) is 1.39. The second kappa shape index (κ2) is 5.38. The largest absolute Gasteiger partial charge is 0.494 e. The summed E-state index contributed by atoms with van der Waals surface area (Å²) < 4.78 is 18.1. The van der Waals surface area contributed by atoms with Crippen molar-refractivity contribution in [1.82, 2.24) is 0 Å². The van der Waals surface area contributed by atoms with E-state index >= 15 is 0 Å². The van der Waals surface area contributed by atoms with Crippen molar-refractivity contribution < 1.29 is 14.2 Å². The Kier molecular flexibility index (Phi) is 3.84. The van der Waals surface area contributed by atoms with Crippen LogP contribution in [-0.4, -0.2) is 12.2 Å². The quantitative estimate of drug-likeness (QED) is 0.920. The van der Waals surface area contributed by atoms with E-state index in [1.807, 2.05) is 0 Å². The van der Waals surface area contributed by atoms with E-state index in [2.05, 4.69) is 0 Å². The maximum absolute atomic E-state index is 13.3. The first kappa shape index (κ1) is 12.9. The van der Waals surface area contributed by atoms with Gasteiger partial charge in [0, 0.05) is 5.02 Å². The second-order valence-corrected chi connectivity index (χ2v) is 4.28. The maximum atomic E-state index is 13.3. The molecule has 2 aromatic carbocycles. The molecule has 94 valence electrons. The number of halogens is 2. The van der Waals surface area contributed by atoms with E-state index in [0.29, 0.717) is 16.1 Å². The summed E-state index contributed by atoms with van der Waals surface area (Å²) in [6, 6.07) is 11.1. The molecule has 0 saturated heterocycles. The topological polar surface area (TPSA) is 29.5 Å². The molecule has 1 N–H and O–H groups in total. The standard InChI is InChI=1S/C14H12ClFO2/c1-18-13-8-10(4-7-12(13)16)14(17)9-2-5-11(15)6-3-9/h2-8,14,17H,1H3. The molecule has 1 atom stereocenters. The molecule has 1 unspecified atom stereocenters. The third-order valence-electron chi connectivity index (χ3n) is 2.68. The van der Waals surface area contributed by atoms with Crippen LogP contribution >= 0.6 is 11.6 Å². The van der Waals surface area contributed by atoms with Crippen molar-refractivity contribution in [3.05, 3.63) is 64.4 Å². The highest BCUT2D eigenvalue weighted by molar-refractivity contribution is 6.30. The van der Waals surface area contributed by atoms with Crippen molar-refractivity contribution in [1.29, 1.82) is 0 Å². The van der Waals surface area contributed by atoms with Crippen LogP contribution in [0.2, 0.25) is 5.02 Å². The zero-order chi connectivity index (χ0) is 13.1. The predicted octanol–water partition coefficient (Wildman–Crippen LogP) is 3.57. The van der Waals surface area contributed by atoms with Gasteiger partial charge >= 0.3 is 0 Å². The molecule has 0 spiro atoms. The van der Waals surface area contributed by atoms with Crippen LogP contribution in [0.25, 0.3) is 0 Å². The lowest BCUT2D eigenvalue weighted by Gasteiger charge is -2.13. The highest BCUT2D eigenvalue weighted by Gasteiger charge is 2.13. The van der Waals surface area contributed by atoms with Crippen molar-refractivity contribution in [2.45, 2.75) is 6.10 Å². The molecule has 4 heteroatoms. The second-order valence-electron chi connectivity index (χ2n) is 3.85. The van der Waals surface area contributed by atoms with Gasteiger partial charge in [-0.25, -0.2) is 4.39 Å². The van der Waals surface area contributed by atoms with Gasteiger partial charge in [0.05, 0.1) is 7.11 Å². The van der Waals surface area contributed by atoms with Gasteiger partial charge in [-0.2, -0.15) is 0 Å². The van der Waals surface area contributed by atoms with E-state index in [0.717, 1.165) is 0 Å². The molecular formula is C14H12ClFO2. The molecule has 0 aromatic heterocycles. The number of rotatable bonds is 3. The van der Waals surface area contributed by atoms with Crippen LogP contribution in [-0.2, 0) is 0 Å². The van der Waals surface area contributed by atoms with Gasteiger partial charge in [0.25, 0.3) is 0 Å². The van der Waals surface area contributed by atoms with Gasteiger partial charge < -0.3 is 9.84 Å². The maximum Gasteiger partial charge on any atom is 0.165 e. The van der Waals surface area contributed by atoms with Crippen molar-refractivity contribution in [3.8, 4) is 5.75 Å². The highest BCUT2D eigenvalue weighted by Crippen LogP contribution is 2.27. The Labute approximate surface area is 110 Å². The molecule has 2 aromatic rings.